The van der Waals surface area contributed by atoms with Crippen molar-refractivity contribution in [3.8, 4) is 0 Å². The first-order valence-electron chi connectivity index (χ1n) is 5.45. The van der Waals surface area contributed by atoms with E-state index >= 15 is 0 Å². The predicted molar refractivity (Wildman–Crippen MR) is 66.1 cm³/mol. The molecule has 1 aromatic heterocycles. The fraction of sp³-hybridized carbons (Fsp3) is 0.636. The minimum Gasteiger partial charge on any atom is -0.354 e. The van der Waals surface area contributed by atoms with Crippen LogP contribution in [0.5, 0.6) is 0 Å². The smallest absolute Gasteiger partial charge is 0.147 e. The van der Waals surface area contributed by atoms with Crippen LogP contribution in [-0.4, -0.2) is 31.0 Å². The highest BCUT2D eigenvalue weighted by atomic mass is 32.2. The lowest BCUT2D eigenvalue weighted by molar-refractivity contribution is 0.592. The van der Waals surface area contributed by atoms with Crippen molar-refractivity contribution in [1.29, 1.82) is 0 Å². The second-order valence-corrected chi connectivity index (χ2v) is 6.68. The van der Waals surface area contributed by atoms with Crippen LogP contribution in [-0.2, 0) is 22.8 Å². The first-order chi connectivity index (χ1) is 7.37. The third-order valence-electron chi connectivity index (χ3n) is 2.30. The van der Waals surface area contributed by atoms with Crippen molar-refractivity contribution in [3.63, 3.8) is 0 Å². The van der Waals surface area contributed by atoms with Gasteiger partial charge in [-0.2, -0.15) is 0 Å². The van der Waals surface area contributed by atoms with Crippen LogP contribution in [0, 0.1) is 0 Å². The molecule has 5 heteroatoms. The summed E-state index contributed by atoms with van der Waals surface area (Å²) >= 11 is 0. The number of hydrogen-bond acceptors (Lipinski definition) is 3. The summed E-state index contributed by atoms with van der Waals surface area (Å²) in [6.45, 7) is 2.72. The van der Waals surface area contributed by atoms with E-state index in [1.807, 2.05) is 30.0 Å². The van der Waals surface area contributed by atoms with Crippen LogP contribution >= 0.6 is 0 Å². The van der Waals surface area contributed by atoms with E-state index in [0.29, 0.717) is 6.42 Å². The van der Waals surface area contributed by atoms with Gasteiger partial charge in [0, 0.05) is 31.2 Å². The molecular formula is C11H20N2O2S. The first kappa shape index (κ1) is 13.3. The van der Waals surface area contributed by atoms with Crippen LogP contribution in [0.25, 0.3) is 0 Å². The van der Waals surface area contributed by atoms with Gasteiger partial charge in [-0.15, -0.1) is 0 Å². The van der Waals surface area contributed by atoms with E-state index in [4.69, 9.17) is 5.73 Å². The Morgan fingerprint density at radius 3 is 2.75 bits per heavy atom. The maximum atomic E-state index is 10.9. The number of sulfone groups is 1. The van der Waals surface area contributed by atoms with E-state index < -0.39 is 9.84 Å². The molecule has 0 saturated carbocycles. The number of rotatable bonds is 6. The van der Waals surface area contributed by atoms with Gasteiger partial charge in [-0.3, -0.25) is 0 Å². The van der Waals surface area contributed by atoms with Crippen LogP contribution in [0.15, 0.2) is 18.5 Å². The standard InChI is InChI=1S/C11H20N2O2S/c1-10(12)8-11-4-6-13(9-11)5-3-7-16(2,14)15/h4,6,9-10H,3,5,7-8,12H2,1-2H3. The third kappa shape index (κ3) is 5.32. The van der Waals surface area contributed by atoms with Crippen molar-refractivity contribution in [2.24, 2.45) is 5.73 Å². The molecule has 1 heterocycles. The van der Waals surface area contributed by atoms with Gasteiger partial charge in [-0.05, 0) is 31.4 Å². The van der Waals surface area contributed by atoms with E-state index in [2.05, 4.69) is 0 Å². The van der Waals surface area contributed by atoms with Crippen LogP contribution in [0.3, 0.4) is 0 Å². The molecule has 1 atom stereocenters. The molecule has 0 aliphatic heterocycles. The lowest BCUT2D eigenvalue weighted by Crippen LogP contribution is -2.17. The Hall–Kier alpha value is -0.810. The summed E-state index contributed by atoms with van der Waals surface area (Å²) in [4.78, 5) is 0. The number of nitrogens with two attached hydrogens (primary N) is 1. The van der Waals surface area contributed by atoms with Gasteiger partial charge in [0.1, 0.15) is 9.84 Å². The fourth-order valence-electron chi connectivity index (χ4n) is 1.63. The molecule has 0 aromatic carbocycles. The first-order valence-corrected chi connectivity index (χ1v) is 7.51. The molecule has 0 amide bonds. The topological polar surface area (TPSA) is 65.1 Å². The Kier molecular flexibility index (Phi) is 4.56. The van der Waals surface area contributed by atoms with Crippen LogP contribution < -0.4 is 5.73 Å². The van der Waals surface area contributed by atoms with Crippen molar-refractivity contribution < 1.29 is 8.42 Å². The van der Waals surface area contributed by atoms with Crippen molar-refractivity contribution in [2.75, 3.05) is 12.0 Å². The Morgan fingerprint density at radius 2 is 2.19 bits per heavy atom. The van der Waals surface area contributed by atoms with Crippen molar-refractivity contribution in [2.45, 2.75) is 32.4 Å². The van der Waals surface area contributed by atoms with Crippen LogP contribution in [0.2, 0.25) is 0 Å². The summed E-state index contributed by atoms with van der Waals surface area (Å²) in [6.07, 6.45) is 6.79. The number of hydrogen-bond donors (Lipinski definition) is 1. The van der Waals surface area contributed by atoms with Gasteiger partial charge >= 0.3 is 0 Å². The fourth-order valence-corrected chi connectivity index (χ4v) is 2.28. The Morgan fingerprint density at radius 1 is 1.50 bits per heavy atom. The van der Waals surface area contributed by atoms with Gasteiger partial charge in [-0.25, -0.2) is 8.42 Å². The van der Waals surface area contributed by atoms with E-state index in [9.17, 15) is 8.42 Å². The molecule has 0 aliphatic rings. The molecule has 1 rings (SSSR count). The molecule has 0 radical (unpaired) electrons. The Labute approximate surface area is 97.4 Å². The summed E-state index contributed by atoms with van der Waals surface area (Å²) in [5.41, 5.74) is 6.91. The summed E-state index contributed by atoms with van der Waals surface area (Å²) in [7, 11) is -2.84. The van der Waals surface area contributed by atoms with Gasteiger partial charge in [0.05, 0.1) is 5.75 Å². The maximum Gasteiger partial charge on any atom is 0.147 e. The highest BCUT2D eigenvalue weighted by Gasteiger charge is 2.03. The van der Waals surface area contributed by atoms with E-state index in [1.165, 1.54) is 11.8 Å². The van der Waals surface area contributed by atoms with Crippen LogP contribution in [0.1, 0.15) is 18.9 Å². The summed E-state index contributed by atoms with van der Waals surface area (Å²) in [5.74, 6) is 0.244. The quantitative estimate of drug-likeness (QED) is 0.805. The van der Waals surface area contributed by atoms with Crippen molar-refractivity contribution in [1.82, 2.24) is 4.57 Å². The van der Waals surface area contributed by atoms with Gasteiger partial charge in [0.15, 0.2) is 0 Å². The number of aryl methyl sites for hydroxylation is 1. The van der Waals surface area contributed by atoms with E-state index in [0.717, 1.165) is 13.0 Å². The average molecular weight is 244 g/mol. The Bertz CT molecular complexity index is 421. The largest absolute Gasteiger partial charge is 0.354 e. The molecule has 92 valence electrons. The van der Waals surface area contributed by atoms with Crippen molar-refractivity contribution in [3.05, 3.63) is 24.0 Å². The van der Waals surface area contributed by atoms with Gasteiger partial charge in [0.25, 0.3) is 0 Å². The normalized spacial score (nSPS) is 13.9. The second-order valence-electron chi connectivity index (χ2n) is 4.42. The number of nitrogens with zero attached hydrogens (tertiary/aromatic N) is 1. The summed E-state index contributed by atoms with van der Waals surface area (Å²) < 4.78 is 23.9. The molecule has 1 unspecified atom stereocenters. The highest BCUT2D eigenvalue weighted by molar-refractivity contribution is 7.90. The zero-order chi connectivity index (χ0) is 12.2. The zero-order valence-electron chi connectivity index (χ0n) is 9.89. The highest BCUT2D eigenvalue weighted by Crippen LogP contribution is 2.05. The van der Waals surface area contributed by atoms with Gasteiger partial charge < -0.3 is 10.3 Å². The second kappa shape index (κ2) is 5.50. The molecule has 0 bridgehead atoms. The molecule has 0 fully saturated rings. The molecule has 0 spiro atoms. The SMILES string of the molecule is CC(N)Cc1ccn(CCCS(C)(=O)=O)c1. The van der Waals surface area contributed by atoms with Gasteiger partial charge in [-0.1, -0.05) is 0 Å². The Balaban J connectivity index is 2.41. The minimum atomic E-state index is -2.84. The molecule has 0 saturated heterocycles. The number of aromatic nitrogens is 1. The van der Waals surface area contributed by atoms with Crippen LogP contribution in [0.4, 0.5) is 0 Å². The lowest BCUT2D eigenvalue weighted by atomic mass is 10.1. The van der Waals surface area contributed by atoms with E-state index in [-0.39, 0.29) is 11.8 Å². The molecule has 1 aromatic rings. The molecular weight excluding hydrogens is 224 g/mol. The maximum absolute atomic E-state index is 10.9. The van der Waals surface area contributed by atoms with Crippen molar-refractivity contribution >= 4 is 9.84 Å². The molecule has 0 aliphatic carbocycles. The monoisotopic (exact) mass is 244 g/mol. The predicted octanol–water partition coefficient (Wildman–Crippen LogP) is 0.813. The molecule has 16 heavy (non-hydrogen) atoms. The summed E-state index contributed by atoms with van der Waals surface area (Å²) in [5, 5.41) is 0. The minimum absolute atomic E-state index is 0.159. The zero-order valence-corrected chi connectivity index (χ0v) is 10.7. The third-order valence-corrected chi connectivity index (χ3v) is 3.33. The van der Waals surface area contributed by atoms with E-state index in [1.54, 1.807) is 0 Å². The average Bonchev–Trinajstić information content (AvgIpc) is 2.49. The molecule has 4 nitrogen and oxygen atoms in total. The lowest BCUT2D eigenvalue weighted by Gasteiger charge is -2.03. The summed E-state index contributed by atoms with van der Waals surface area (Å²) in [6, 6.07) is 2.19. The van der Waals surface area contributed by atoms with Gasteiger partial charge in [0.2, 0.25) is 0 Å². The molecule has 2 N–H and O–H groups in total.